The summed E-state index contributed by atoms with van der Waals surface area (Å²) in [5, 5.41) is 5.29. The van der Waals surface area contributed by atoms with E-state index in [0.29, 0.717) is 18.0 Å². The van der Waals surface area contributed by atoms with E-state index in [0.717, 1.165) is 5.69 Å². The van der Waals surface area contributed by atoms with Crippen LogP contribution in [0.1, 0.15) is 30.9 Å². The summed E-state index contributed by atoms with van der Waals surface area (Å²) < 4.78 is 23.3. The zero-order valence-corrected chi connectivity index (χ0v) is 14.0. The summed E-state index contributed by atoms with van der Waals surface area (Å²) in [6, 6.07) is 15.1. The third kappa shape index (κ3) is 3.87. The van der Waals surface area contributed by atoms with Gasteiger partial charge in [0.1, 0.15) is 0 Å². The van der Waals surface area contributed by atoms with Crippen LogP contribution in [0, 0.1) is 0 Å². The zero-order chi connectivity index (χ0) is 16.3. The van der Waals surface area contributed by atoms with Gasteiger partial charge < -0.3 is 4.90 Å². The van der Waals surface area contributed by atoms with E-state index >= 15 is 0 Å². The van der Waals surface area contributed by atoms with E-state index in [9.17, 15) is 8.42 Å². The summed E-state index contributed by atoms with van der Waals surface area (Å²) in [5.41, 5.74) is 3.00. The van der Waals surface area contributed by atoms with Crippen LogP contribution in [0.2, 0.25) is 0 Å². The molecular weight excluding hydrogens is 296 g/mol. The van der Waals surface area contributed by atoms with Crippen LogP contribution in [0.15, 0.2) is 53.4 Å². The Labute approximate surface area is 132 Å². The van der Waals surface area contributed by atoms with Crippen molar-refractivity contribution in [1.82, 2.24) is 0 Å². The Kier molecular flexibility index (Phi) is 4.88. The van der Waals surface area contributed by atoms with Crippen LogP contribution >= 0.6 is 0 Å². The first kappa shape index (κ1) is 16.5. The van der Waals surface area contributed by atoms with Gasteiger partial charge in [0.05, 0.1) is 4.90 Å². The summed E-state index contributed by atoms with van der Waals surface area (Å²) >= 11 is 0. The van der Waals surface area contributed by atoms with Crippen molar-refractivity contribution >= 4 is 15.7 Å². The van der Waals surface area contributed by atoms with Crippen molar-refractivity contribution in [3.8, 4) is 0 Å². The Hall–Kier alpha value is -1.85. The van der Waals surface area contributed by atoms with Crippen molar-refractivity contribution in [3.63, 3.8) is 0 Å². The Balaban J connectivity index is 2.30. The van der Waals surface area contributed by atoms with Crippen LogP contribution in [-0.2, 0) is 16.6 Å². The standard InChI is InChI=1S/C17H22N2O2S/c1-13(2)14-8-6-9-16(11-14)19(3)12-15-7-4-5-10-17(15)22(18,20)21/h4-11,13H,12H2,1-3H3,(H2,18,20,21). The molecule has 2 aromatic rings. The summed E-state index contributed by atoms with van der Waals surface area (Å²) in [5.74, 6) is 0.449. The molecule has 0 saturated carbocycles. The molecule has 0 aromatic heterocycles. The topological polar surface area (TPSA) is 63.4 Å². The van der Waals surface area contributed by atoms with E-state index in [1.54, 1.807) is 18.2 Å². The van der Waals surface area contributed by atoms with E-state index in [4.69, 9.17) is 5.14 Å². The summed E-state index contributed by atoms with van der Waals surface area (Å²) in [4.78, 5) is 2.21. The van der Waals surface area contributed by atoms with E-state index in [1.165, 1.54) is 5.56 Å². The molecule has 0 amide bonds. The number of nitrogens with two attached hydrogens (primary N) is 1. The third-order valence-corrected chi connectivity index (χ3v) is 4.68. The number of nitrogens with zero attached hydrogens (tertiary/aromatic N) is 1. The molecule has 0 heterocycles. The maximum absolute atomic E-state index is 11.7. The summed E-state index contributed by atoms with van der Waals surface area (Å²) in [6.45, 7) is 4.78. The Morgan fingerprint density at radius 3 is 2.41 bits per heavy atom. The highest BCUT2D eigenvalue weighted by Crippen LogP contribution is 2.23. The van der Waals surface area contributed by atoms with E-state index in [-0.39, 0.29) is 4.90 Å². The highest BCUT2D eigenvalue weighted by Gasteiger charge is 2.14. The van der Waals surface area contributed by atoms with Crippen LogP contribution in [-0.4, -0.2) is 15.5 Å². The van der Waals surface area contributed by atoms with Crippen molar-refractivity contribution < 1.29 is 8.42 Å². The van der Waals surface area contributed by atoms with Gasteiger partial charge in [-0.05, 0) is 35.2 Å². The lowest BCUT2D eigenvalue weighted by Gasteiger charge is -2.22. The first-order chi connectivity index (χ1) is 10.3. The second kappa shape index (κ2) is 6.50. The van der Waals surface area contributed by atoms with Gasteiger partial charge in [0.25, 0.3) is 0 Å². The van der Waals surface area contributed by atoms with Crippen LogP contribution < -0.4 is 10.0 Å². The second-order valence-electron chi connectivity index (χ2n) is 5.76. The quantitative estimate of drug-likeness (QED) is 0.921. The lowest BCUT2D eigenvalue weighted by atomic mass is 10.0. The predicted octanol–water partition coefficient (Wildman–Crippen LogP) is 3.09. The van der Waals surface area contributed by atoms with Crippen molar-refractivity contribution in [2.45, 2.75) is 31.2 Å². The number of benzene rings is 2. The molecule has 5 heteroatoms. The minimum absolute atomic E-state index is 0.182. The molecule has 2 N–H and O–H groups in total. The third-order valence-electron chi connectivity index (χ3n) is 3.66. The molecule has 0 spiro atoms. The average molecular weight is 318 g/mol. The minimum atomic E-state index is -3.71. The Bertz CT molecular complexity index is 755. The van der Waals surface area contributed by atoms with E-state index in [2.05, 4.69) is 26.0 Å². The fourth-order valence-electron chi connectivity index (χ4n) is 2.38. The number of sulfonamides is 1. The summed E-state index contributed by atoms with van der Waals surface area (Å²) in [7, 11) is -1.77. The maximum atomic E-state index is 11.7. The lowest BCUT2D eigenvalue weighted by molar-refractivity contribution is 0.596. The van der Waals surface area contributed by atoms with Gasteiger partial charge in [-0.2, -0.15) is 0 Å². The molecule has 0 radical (unpaired) electrons. The largest absolute Gasteiger partial charge is 0.370 e. The van der Waals surface area contributed by atoms with Crippen molar-refractivity contribution in [2.24, 2.45) is 5.14 Å². The monoisotopic (exact) mass is 318 g/mol. The number of primary sulfonamides is 1. The number of anilines is 1. The molecule has 0 aliphatic rings. The van der Waals surface area contributed by atoms with Crippen LogP contribution in [0.4, 0.5) is 5.69 Å². The normalized spacial score (nSPS) is 11.7. The first-order valence-electron chi connectivity index (χ1n) is 7.21. The molecule has 0 atom stereocenters. The van der Waals surface area contributed by atoms with Gasteiger partial charge in [-0.15, -0.1) is 0 Å². The molecule has 2 rings (SSSR count). The highest BCUT2D eigenvalue weighted by atomic mass is 32.2. The molecular formula is C17H22N2O2S. The van der Waals surface area contributed by atoms with Crippen LogP contribution in [0.3, 0.4) is 0 Å². The van der Waals surface area contributed by atoms with Gasteiger partial charge in [-0.25, -0.2) is 13.6 Å². The number of rotatable bonds is 5. The number of hydrogen-bond acceptors (Lipinski definition) is 3. The maximum Gasteiger partial charge on any atom is 0.238 e. The van der Waals surface area contributed by atoms with Crippen LogP contribution in [0.5, 0.6) is 0 Å². The Morgan fingerprint density at radius 2 is 1.77 bits per heavy atom. The van der Waals surface area contributed by atoms with Gasteiger partial charge in [0.15, 0.2) is 0 Å². The fraction of sp³-hybridized carbons (Fsp3) is 0.294. The second-order valence-corrected chi connectivity index (χ2v) is 7.29. The van der Waals surface area contributed by atoms with E-state index < -0.39 is 10.0 Å². The number of hydrogen-bond donors (Lipinski definition) is 1. The van der Waals surface area contributed by atoms with Gasteiger partial charge >= 0.3 is 0 Å². The zero-order valence-electron chi connectivity index (χ0n) is 13.2. The highest BCUT2D eigenvalue weighted by molar-refractivity contribution is 7.89. The molecule has 0 aliphatic carbocycles. The molecule has 118 valence electrons. The SMILES string of the molecule is CC(C)c1cccc(N(C)Cc2ccccc2S(N)(=O)=O)c1. The van der Waals surface area contributed by atoms with Crippen molar-refractivity contribution in [3.05, 3.63) is 59.7 Å². The molecule has 0 fully saturated rings. The molecule has 0 saturated heterocycles. The fourth-order valence-corrected chi connectivity index (χ4v) is 3.15. The van der Waals surface area contributed by atoms with Crippen molar-refractivity contribution in [2.75, 3.05) is 11.9 Å². The van der Waals surface area contributed by atoms with Gasteiger partial charge in [0.2, 0.25) is 10.0 Å². The molecule has 0 bridgehead atoms. The van der Waals surface area contributed by atoms with Gasteiger partial charge in [0, 0.05) is 19.3 Å². The van der Waals surface area contributed by atoms with Gasteiger partial charge in [-0.3, -0.25) is 0 Å². The molecule has 22 heavy (non-hydrogen) atoms. The first-order valence-corrected chi connectivity index (χ1v) is 8.75. The minimum Gasteiger partial charge on any atom is -0.370 e. The van der Waals surface area contributed by atoms with Crippen LogP contribution in [0.25, 0.3) is 0 Å². The Morgan fingerprint density at radius 1 is 1.09 bits per heavy atom. The molecule has 0 unspecified atom stereocenters. The molecule has 0 aliphatic heterocycles. The predicted molar refractivity (Wildman–Crippen MR) is 90.5 cm³/mol. The van der Waals surface area contributed by atoms with Gasteiger partial charge in [-0.1, -0.05) is 44.2 Å². The molecule has 4 nitrogen and oxygen atoms in total. The lowest BCUT2D eigenvalue weighted by Crippen LogP contribution is -2.21. The average Bonchev–Trinajstić information content (AvgIpc) is 2.46. The van der Waals surface area contributed by atoms with Crippen molar-refractivity contribution in [1.29, 1.82) is 0 Å². The molecule has 2 aromatic carbocycles. The van der Waals surface area contributed by atoms with E-state index in [1.807, 2.05) is 30.1 Å². The summed E-state index contributed by atoms with van der Waals surface area (Å²) in [6.07, 6.45) is 0. The smallest absolute Gasteiger partial charge is 0.238 e.